The van der Waals surface area contributed by atoms with Crippen LogP contribution < -0.4 is 5.32 Å². The van der Waals surface area contributed by atoms with Crippen LogP contribution in [0.15, 0.2) is 84.9 Å². The molecule has 1 aliphatic heterocycles. The van der Waals surface area contributed by atoms with Gasteiger partial charge in [0.25, 0.3) is 5.91 Å². The third-order valence-corrected chi connectivity index (χ3v) is 5.79. The van der Waals surface area contributed by atoms with Crippen molar-refractivity contribution in [1.82, 2.24) is 5.32 Å². The number of benzene rings is 3. The van der Waals surface area contributed by atoms with Gasteiger partial charge in [-0.05, 0) is 18.1 Å². The fourth-order valence-electron chi connectivity index (χ4n) is 4.18. The maximum Gasteiger partial charge on any atom is 0.279 e. The summed E-state index contributed by atoms with van der Waals surface area (Å²) in [4.78, 5) is 13.3. The van der Waals surface area contributed by atoms with Crippen molar-refractivity contribution >= 4 is 5.91 Å². The predicted octanol–water partition coefficient (Wildman–Crippen LogP) is 4.50. The molecular formula is C25H26N2O2. The van der Waals surface area contributed by atoms with E-state index in [9.17, 15) is 10.0 Å². The second-order valence-electron chi connectivity index (χ2n) is 7.88. The lowest BCUT2D eigenvalue weighted by molar-refractivity contribution is -0.924. The van der Waals surface area contributed by atoms with Crippen molar-refractivity contribution in [3.63, 3.8) is 0 Å². The molecule has 0 radical (unpaired) electrons. The van der Waals surface area contributed by atoms with Gasteiger partial charge in [-0.15, -0.1) is 0 Å². The van der Waals surface area contributed by atoms with Crippen molar-refractivity contribution in [1.29, 1.82) is 0 Å². The number of carbonyl (C=O) groups is 1. The Morgan fingerprint density at radius 3 is 2.24 bits per heavy atom. The molecular weight excluding hydrogens is 360 g/mol. The molecule has 1 heterocycles. The van der Waals surface area contributed by atoms with Crippen molar-refractivity contribution in [3.05, 3.63) is 112 Å². The van der Waals surface area contributed by atoms with Crippen molar-refractivity contribution in [2.24, 2.45) is 0 Å². The summed E-state index contributed by atoms with van der Waals surface area (Å²) >= 11 is 0. The van der Waals surface area contributed by atoms with Gasteiger partial charge in [0, 0.05) is 17.5 Å². The van der Waals surface area contributed by atoms with Crippen molar-refractivity contribution in [3.8, 4) is 0 Å². The largest absolute Gasteiger partial charge is 0.632 e. The Kier molecular flexibility index (Phi) is 5.47. The highest BCUT2D eigenvalue weighted by atomic mass is 16.5. The van der Waals surface area contributed by atoms with E-state index in [1.54, 1.807) is 0 Å². The Bertz CT molecular complexity index is 974. The topological polar surface area (TPSA) is 52.2 Å². The monoisotopic (exact) mass is 386 g/mol. The highest BCUT2D eigenvalue weighted by Crippen LogP contribution is 2.32. The minimum Gasteiger partial charge on any atom is -0.632 e. The van der Waals surface area contributed by atoms with E-state index in [-0.39, 0.29) is 18.5 Å². The predicted molar refractivity (Wildman–Crippen MR) is 114 cm³/mol. The zero-order valence-electron chi connectivity index (χ0n) is 16.6. The second-order valence-corrected chi connectivity index (χ2v) is 7.88. The van der Waals surface area contributed by atoms with Crippen LogP contribution in [0.5, 0.6) is 0 Å². The average Bonchev–Trinajstić information content (AvgIpc) is 2.74. The Morgan fingerprint density at radius 2 is 1.55 bits per heavy atom. The summed E-state index contributed by atoms with van der Waals surface area (Å²) in [6.45, 7) is 2.55. The van der Waals surface area contributed by atoms with Crippen LogP contribution in [0.2, 0.25) is 0 Å². The van der Waals surface area contributed by atoms with Gasteiger partial charge in [0.1, 0.15) is 13.1 Å². The summed E-state index contributed by atoms with van der Waals surface area (Å²) < 4.78 is -0.561. The van der Waals surface area contributed by atoms with E-state index in [0.717, 1.165) is 22.3 Å². The molecule has 1 aliphatic rings. The third kappa shape index (κ3) is 4.24. The summed E-state index contributed by atoms with van der Waals surface area (Å²) in [6, 6.07) is 26.7. The molecule has 4 heteroatoms. The van der Waals surface area contributed by atoms with Crippen molar-refractivity contribution in [2.45, 2.75) is 38.5 Å². The molecule has 1 N–H and O–H groups in total. The normalized spacial score (nSPS) is 21.8. The fourth-order valence-corrected chi connectivity index (χ4v) is 4.18. The lowest BCUT2D eigenvalue weighted by atomic mass is 9.92. The molecule has 0 spiro atoms. The number of quaternary nitrogens is 1. The second kappa shape index (κ2) is 8.19. The van der Waals surface area contributed by atoms with Gasteiger partial charge < -0.3 is 15.2 Å². The van der Waals surface area contributed by atoms with Crippen LogP contribution in [-0.2, 0) is 24.3 Å². The van der Waals surface area contributed by atoms with Gasteiger partial charge in [-0.25, -0.2) is 0 Å². The third-order valence-electron chi connectivity index (χ3n) is 5.79. The van der Waals surface area contributed by atoms with E-state index in [4.69, 9.17) is 0 Å². The van der Waals surface area contributed by atoms with E-state index >= 15 is 0 Å². The number of nitrogens with zero attached hydrogens (tertiary/aromatic N) is 1. The lowest BCUT2D eigenvalue weighted by Crippen LogP contribution is -2.59. The summed E-state index contributed by atoms with van der Waals surface area (Å²) in [5.74, 6) is -0.179. The van der Waals surface area contributed by atoms with Gasteiger partial charge >= 0.3 is 0 Å². The molecule has 0 fully saturated rings. The smallest absolute Gasteiger partial charge is 0.279 e. The standard InChI is InChI=1S/C25H26N2O2/c1-19(21-12-6-3-7-13-21)26-25(28)24-16-22-14-8-9-15-23(22)18-27(24,29)17-20-10-4-2-5-11-20/h2-15,19,24H,16-18H2,1H3,(H,26,28)/t19-,24-,27-/m0/s1. The van der Waals surface area contributed by atoms with Crippen LogP contribution in [-0.4, -0.2) is 16.6 Å². The number of nitrogens with one attached hydrogen (secondary N) is 1. The fraction of sp³-hybridized carbons (Fsp3) is 0.240. The Hall–Kier alpha value is -2.95. The van der Waals surface area contributed by atoms with Crippen molar-refractivity contribution < 1.29 is 9.44 Å². The first-order chi connectivity index (χ1) is 14.0. The minimum atomic E-state index is -0.670. The number of amides is 1. The molecule has 1 amide bonds. The number of hydroxylamine groups is 3. The molecule has 0 saturated heterocycles. The van der Waals surface area contributed by atoms with Crippen LogP contribution in [0.25, 0.3) is 0 Å². The zero-order valence-corrected chi connectivity index (χ0v) is 16.6. The van der Waals surface area contributed by atoms with Gasteiger partial charge in [0.05, 0.1) is 6.04 Å². The Balaban J connectivity index is 1.61. The van der Waals surface area contributed by atoms with Gasteiger partial charge in [0.15, 0.2) is 6.04 Å². The molecule has 0 saturated carbocycles. The first-order valence-corrected chi connectivity index (χ1v) is 10.1. The van der Waals surface area contributed by atoms with E-state index in [1.807, 2.05) is 91.9 Å². The minimum absolute atomic E-state index is 0.147. The molecule has 0 aliphatic carbocycles. The van der Waals surface area contributed by atoms with Crippen LogP contribution in [0, 0.1) is 5.21 Å². The van der Waals surface area contributed by atoms with E-state index < -0.39 is 10.7 Å². The highest BCUT2D eigenvalue weighted by Gasteiger charge is 2.40. The number of fused-ring (bicyclic) bond motifs is 1. The summed E-state index contributed by atoms with van der Waals surface area (Å²) in [5, 5.41) is 17.1. The molecule has 3 aromatic carbocycles. The number of hydrogen-bond donors (Lipinski definition) is 1. The van der Waals surface area contributed by atoms with Crippen LogP contribution in [0.4, 0.5) is 0 Å². The SMILES string of the molecule is C[C@H](NC(=O)[C@@H]1Cc2ccccc2C[N@@+]1([O-])Cc1ccccc1)c1ccccc1. The molecule has 3 aromatic rings. The summed E-state index contributed by atoms with van der Waals surface area (Å²) in [6.07, 6.45) is 0.458. The van der Waals surface area contributed by atoms with E-state index in [1.165, 1.54) is 0 Å². The number of carbonyl (C=O) groups excluding carboxylic acids is 1. The molecule has 4 rings (SSSR count). The zero-order chi connectivity index (χ0) is 20.3. The Labute approximate surface area is 172 Å². The molecule has 0 unspecified atom stereocenters. The Morgan fingerprint density at radius 1 is 0.966 bits per heavy atom. The van der Waals surface area contributed by atoms with Crippen LogP contribution in [0.1, 0.15) is 35.2 Å². The molecule has 0 bridgehead atoms. The van der Waals surface area contributed by atoms with Gasteiger partial charge in [0.2, 0.25) is 0 Å². The quantitative estimate of drug-likeness (QED) is 0.518. The first kappa shape index (κ1) is 19.4. The summed E-state index contributed by atoms with van der Waals surface area (Å²) in [7, 11) is 0. The molecule has 4 nitrogen and oxygen atoms in total. The van der Waals surface area contributed by atoms with E-state index in [2.05, 4.69) is 5.32 Å². The first-order valence-electron chi connectivity index (χ1n) is 10.1. The molecule has 3 atom stereocenters. The average molecular weight is 386 g/mol. The van der Waals surface area contributed by atoms with Gasteiger partial charge in [-0.1, -0.05) is 84.9 Å². The van der Waals surface area contributed by atoms with Crippen molar-refractivity contribution in [2.75, 3.05) is 0 Å². The highest BCUT2D eigenvalue weighted by molar-refractivity contribution is 5.81. The lowest BCUT2D eigenvalue weighted by Gasteiger charge is -2.51. The maximum absolute atomic E-state index is 14.0. The summed E-state index contributed by atoms with van der Waals surface area (Å²) in [5.41, 5.74) is 4.12. The van der Waals surface area contributed by atoms with E-state index in [0.29, 0.717) is 13.0 Å². The molecule has 29 heavy (non-hydrogen) atoms. The van der Waals surface area contributed by atoms with Crippen LogP contribution >= 0.6 is 0 Å². The van der Waals surface area contributed by atoms with Crippen LogP contribution in [0.3, 0.4) is 0 Å². The number of hydrogen-bond acceptors (Lipinski definition) is 2. The van der Waals surface area contributed by atoms with Gasteiger partial charge in [-0.3, -0.25) is 4.79 Å². The molecule has 148 valence electrons. The molecule has 0 aromatic heterocycles. The maximum atomic E-state index is 14.0. The number of rotatable bonds is 5. The van der Waals surface area contributed by atoms with Gasteiger partial charge in [-0.2, -0.15) is 0 Å².